The van der Waals surface area contributed by atoms with Gasteiger partial charge in [0.05, 0.1) is 32.1 Å². The number of hydrogen-bond acceptors (Lipinski definition) is 8. The van der Waals surface area contributed by atoms with Gasteiger partial charge >= 0.3 is 0 Å². The Morgan fingerprint density at radius 1 is 1.18 bits per heavy atom. The molecule has 3 aromatic heterocycles. The molecule has 2 N–H and O–H groups in total. The SMILES string of the molecule is COc1ccc(C23CC2(COc2nc(C)ncc2-c2n[nH]nc2CO)C3)nc1. The summed E-state index contributed by atoms with van der Waals surface area (Å²) in [6.07, 6.45) is 5.54. The first kappa shape index (κ1) is 17.1. The first-order valence-corrected chi connectivity index (χ1v) is 9.09. The highest BCUT2D eigenvalue weighted by atomic mass is 16.5. The van der Waals surface area contributed by atoms with Crippen molar-refractivity contribution in [3.05, 3.63) is 41.7 Å². The molecule has 0 spiro atoms. The Bertz CT molecular complexity index is 1030. The van der Waals surface area contributed by atoms with Gasteiger partial charge in [-0.1, -0.05) is 0 Å². The summed E-state index contributed by atoms with van der Waals surface area (Å²) in [5, 5.41) is 20.1. The van der Waals surface area contributed by atoms with Crippen LogP contribution in [0.15, 0.2) is 24.5 Å². The summed E-state index contributed by atoms with van der Waals surface area (Å²) in [6, 6.07) is 3.99. The lowest BCUT2D eigenvalue weighted by Gasteiger charge is -2.11. The van der Waals surface area contributed by atoms with Gasteiger partial charge in [0, 0.05) is 22.7 Å². The van der Waals surface area contributed by atoms with Gasteiger partial charge in [-0.15, -0.1) is 0 Å². The highest BCUT2D eigenvalue weighted by Crippen LogP contribution is 2.85. The number of pyridine rings is 1. The van der Waals surface area contributed by atoms with Crippen LogP contribution in [0, 0.1) is 12.3 Å². The van der Waals surface area contributed by atoms with Crippen molar-refractivity contribution < 1.29 is 14.6 Å². The van der Waals surface area contributed by atoms with Crippen molar-refractivity contribution in [2.75, 3.05) is 13.7 Å². The Hall–Kier alpha value is -3.07. The van der Waals surface area contributed by atoms with Crippen molar-refractivity contribution in [3.63, 3.8) is 0 Å². The van der Waals surface area contributed by atoms with Crippen LogP contribution in [0.4, 0.5) is 0 Å². The normalized spacial score (nSPS) is 24.5. The first-order valence-electron chi connectivity index (χ1n) is 9.09. The largest absolute Gasteiger partial charge is 0.495 e. The van der Waals surface area contributed by atoms with E-state index in [2.05, 4.69) is 30.4 Å². The van der Waals surface area contributed by atoms with Gasteiger partial charge in [0.15, 0.2) is 0 Å². The number of aromatic nitrogens is 6. The summed E-state index contributed by atoms with van der Waals surface area (Å²) in [5.41, 5.74) is 2.89. The van der Waals surface area contributed by atoms with E-state index in [-0.39, 0.29) is 17.4 Å². The van der Waals surface area contributed by atoms with E-state index in [1.807, 2.05) is 19.1 Å². The van der Waals surface area contributed by atoms with Gasteiger partial charge in [-0.25, -0.2) is 4.98 Å². The van der Waals surface area contributed by atoms with Crippen LogP contribution in [0.1, 0.15) is 30.1 Å². The van der Waals surface area contributed by atoms with E-state index in [9.17, 15) is 5.11 Å². The van der Waals surface area contributed by atoms with Crippen molar-refractivity contribution in [1.82, 2.24) is 30.4 Å². The summed E-state index contributed by atoms with van der Waals surface area (Å²) in [7, 11) is 1.64. The van der Waals surface area contributed by atoms with Gasteiger partial charge in [0.2, 0.25) is 5.88 Å². The number of ether oxygens (including phenoxy) is 2. The third kappa shape index (κ3) is 2.46. The zero-order chi connectivity index (χ0) is 19.4. The van der Waals surface area contributed by atoms with Crippen LogP contribution in [-0.4, -0.2) is 49.2 Å². The van der Waals surface area contributed by atoms with Gasteiger partial charge < -0.3 is 14.6 Å². The van der Waals surface area contributed by atoms with Crippen molar-refractivity contribution in [2.45, 2.75) is 31.8 Å². The minimum Gasteiger partial charge on any atom is -0.495 e. The maximum atomic E-state index is 9.47. The van der Waals surface area contributed by atoms with Crippen LogP contribution in [0.5, 0.6) is 11.6 Å². The number of aryl methyl sites for hydroxylation is 1. The van der Waals surface area contributed by atoms with Gasteiger partial charge in [-0.2, -0.15) is 20.4 Å². The molecule has 2 aliphatic rings. The van der Waals surface area contributed by atoms with Crippen molar-refractivity contribution in [3.8, 4) is 22.9 Å². The molecule has 0 atom stereocenters. The molecule has 2 fully saturated rings. The molecule has 0 radical (unpaired) electrons. The lowest BCUT2D eigenvalue weighted by Crippen LogP contribution is -2.08. The van der Waals surface area contributed by atoms with E-state index in [1.165, 1.54) is 0 Å². The highest BCUT2D eigenvalue weighted by Gasteiger charge is 2.84. The fraction of sp³-hybridized carbons (Fsp3) is 0.421. The molecule has 28 heavy (non-hydrogen) atoms. The molecule has 2 aliphatic carbocycles. The minimum absolute atomic E-state index is 0.117. The van der Waals surface area contributed by atoms with E-state index >= 15 is 0 Å². The Labute approximate surface area is 161 Å². The second kappa shape index (κ2) is 5.96. The zero-order valence-corrected chi connectivity index (χ0v) is 15.6. The van der Waals surface area contributed by atoms with Gasteiger partial charge in [0.25, 0.3) is 0 Å². The predicted octanol–water partition coefficient (Wildman–Crippen LogP) is 1.58. The average molecular weight is 380 g/mol. The number of rotatable bonds is 7. The molecule has 5 rings (SSSR count). The molecule has 9 heteroatoms. The fourth-order valence-electron chi connectivity index (χ4n) is 4.00. The molecule has 0 aromatic carbocycles. The first-order chi connectivity index (χ1) is 13.6. The lowest BCUT2D eigenvalue weighted by molar-refractivity contribution is 0.260. The number of aromatic amines is 1. The molecular weight excluding hydrogens is 360 g/mol. The zero-order valence-electron chi connectivity index (χ0n) is 15.6. The Morgan fingerprint density at radius 2 is 2.04 bits per heavy atom. The summed E-state index contributed by atoms with van der Waals surface area (Å²) < 4.78 is 11.3. The molecule has 0 aliphatic heterocycles. The molecule has 2 saturated carbocycles. The van der Waals surface area contributed by atoms with E-state index in [1.54, 1.807) is 19.5 Å². The maximum absolute atomic E-state index is 9.47. The second-order valence-electron chi connectivity index (χ2n) is 7.50. The highest BCUT2D eigenvalue weighted by molar-refractivity contribution is 5.65. The van der Waals surface area contributed by atoms with E-state index in [4.69, 9.17) is 9.47 Å². The second-order valence-corrected chi connectivity index (χ2v) is 7.50. The third-order valence-electron chi connectivity index (χ3n) is 5.89. The number of nitrogens with one attached hydrogen (secondary N) is 1. The van der Waals surface area contributed by atoms with Gasteiger partial charge in [0.1, 0.15) is 23.0 Å². The molecule has 0 saturated heterocycles. The maximum Gasteiger partial charge on any atom is 0.226 e. The predicted molar refractivity (Wildman–Crippen MR) is 97.7 cm³/mol. The van der Waals surface area contributed by atoms with Crippen LogP contribution < -0.4 is 9.47 Å². The summed E-state index contributed by atoms with van der Waals surface area (Å²) in [5.74, 6) is 1.83. The molecule has 0 unspecified atom stereocenters. The van der Waals surface area contributed by atoms with Crippen molar-refractivity contribution >= 4 is 0 Å². The number of hydrogen-bond donors (Lipinski definition) is 2. The average Bonchev–Trinajstić information content (AvgIpc) is 3.45. The molecule has 0 amide bonds. The van der Waals surface area contributed by atoms with Crippen LogP contribution >= 0.6 is 0 Å². The summed E-state index contributed by atoms with van der Waals surface area (Å²) in [6.45, 7) is 2.14. The van der Waals surface area contributed by atoms with Crippen LogP contribution in [-0.2, 0) is 12.0 Å². The van der Waals surface area contributed by atoms with Crippen molar-refractivity contribution in [2.24, 2.45) is 5.41 Å². The van der Waals surface area contributed by atoms with Crippen LogP contribution in [0.2, 0.25) is 0 Å². The van der Waals surface area contributed by atoms with E-state index in [0.717, 1.165) is 24.3 Å². The number of aliphatic hydroxyl groups is 1. The number of aliphatic hydroxyl groups excluding tert-OH is 1. The number of methoxy groups -OCH3 is 1. The molecule has 144 valence electrons. The van der Waals surface area contributed by atoms with Gasteiger partial charge in [-0.3, -0.25) is 4.98 Å². The van der Waals surface area contributed by atoms with E-state index in [0.29, 0.717) is 35.3 Å². The van der Waals surface area contributed by atoms with Crippen molar-refractivity contribution in [1.29, 1.82) is 0 Å². The summed E-state index contributed by atoms with van der Waals surface area (Å²) in [4.78, 5) is 13.2. The molecule has 9 nitrogen and oxygen atoms in total. The fourth-order valence-corrected chi connectivity index (χ4v) is 4.00. The Kier molecular flexibility index (Phi) is 3.63. The topological polar surface area (TPSA) is 119 Å². The molecular formula is C19H20N6O3. The smallest absolute Gasteiger partial charge is 0.226 e. The Morgan fingerprint density at radius 3 is 2.75 bits per heavy atom. The minimum atomic E-state index is -0.227. The number of H-pyrrole nitrogens is 1. The van der Waals surface area contributed by atoms with Crippen LogP contribution in [0.25, 0.3) is 11.3 Å². The molecule has 3 aromatic rings. The molecule has 0 bridgehead atoms. The van der Waals surface area contributed by atoms with Gasteiger partial charge in [-0.05, 0) is 31.9 Å². The monoisotopic (exact) mass is 380 g/mol. The third-order valence-corrected chi connectivity index (χ3v) is 5.89. The lowest BCUT2D eigenvalue weighted by atomic mass is 10.1. The molecule has 3 heterocycles. The summed E-state index contributed by atoms with van der Waals surface area (Å²) >= 11 is 0. The van der Waals surface area contributed by atoms with E-state index < -0.39 is 0 Å². The number of nitrogens with zero attached hydrogens (tertiary/aromatic N) is 5. The quantitative estimate of drug-likeness (QED) is 0.634. The standard InChI is InChI=1S/C19H20N6O3/c1-11-20-6-13(16-14(7-26)23-25-24-16)17(22-11)28-10-18-8-19(18,9-18)15-4-3-12(27-2)5-21-15/h3-6,26H,7-10H2,1-2H3,(H,23,24,25). The van der Waals surface area contributed by atoms with Crippen LogP contribution in [0.3, 0.4) is 0 Å². The number of fused-ring (bicyclic) bond motifs is 1. The Balaban J connectivity index is 1.35.